The highest BCUT2D eigenvalue weighted by atomic mass is 16.3. The summed E-state index contributed by atoms with van der Waals surface area (Å²) in [5.74, 6) is -4.98. The molecule has 0 saturated heterocycles. The number of ketones is 1. The lowest BCUT2D eigenvalue weighted by molar-refractivity contribution is -0.116. The number of nitrogens with two attached hydrogens (primary N) is 1. The molecule has 2 aromatic rings. The van der Waals surface area contributed by atoms with Crippen molar-refractivity contribution in [2.24, 2.45) is 17.6 Å². The number of phenolic OH excluding ortho intramolecular Hbond substituents is 1. The van der Waals surface area contributed by atoms with Crippen LogP contribution in [0, 0.1) is 11.8 Å². The van der Waals surface area contributed by atoms with Crippen LogP contribution in [0.1, 0.15) is 29.3 Å². The molecule has 208 valence electrons. The zero-order chi connectivity index (χ0) is 29.3. The van der Waals surface area contributed by atoms with Crippen LogP contribution < -0.4 is 10.6 Å². The molecule has 3 aliphatic carbocycles. The molecule has 1 aromatic carbocycles. The number of aromatic hydroxyl groups is 1. The quantitative estimate of drug-likeness (QED) is 0.384. The Hall–Kier alpha value is -4.48. The highest BCUT2D eigenvalue weighted by Gasteiger charge is 2.60. The summed E-state index contributed by atoms with van der Waals surface area (Å²) in [6.45, 7) is 5.16. The van der Waals surface area contributed by atoms with Gasteiger partial charge in [-0.15, -0.1) is 0 Å². The number of primary amides is 1. The number of benzene rings is 1. The van der Waals surface area contributed by atoms with Gasteiger partial charge in [0.05, 0.1) is 28.6 Å². The van der Waals surface area contributed by atoms with Gasteiger partial charge in [-0.1, -0.05) is 6.58 Å². The van der Waals surface area contributed by atoms with Crippen LogP contribution >= 0.6 is 0 Å². The lowest BCUT2D eigenvalue weighted by Crippen LogP contribution is -2.60. The van der Waals surface area contributed by atoms with E-state index in [2.05, 4.69) is 11.6 Å². The average Bonchev–Trinajstić information content (AvgIpc) is 2.86. The minimum absolute atomic E-state index is 0.0547. The zero-order valence-corrected chi connectivity index (χ0v) is 22.3. The molecule has 0 spiro atoms. The zero-order valence-electron chi connectivity index (χ0n) is 22.3. The number of aromatic nitrogens is 1. The first-order valence-electron chi connectivity index (χ1n) is 12.7. The predicted molar refractivity (Wildman–Crippen MR) is 145 cm³/mol. The number of hydrogen-bond donors (Lipinski definition) is 5. The average molecular weight is 547 g/mol. The molecule has 4 atom stereocenters. The summed E-state index contributed by atoms with van der Waals surface area (Å²) in [5, 5.41) is 45.4. The number of pyridine rings is 1. The van der Waals surface area contributed by atoms with Crippen molar-refractivity contribution in [3.8, 4) is 5.75 Å². The van der Waals surface area contributed by atoms with Crippen LogP contribution in [-0.4, -0.2) is 73.6 Å². The molecule has 1 heterocycles. The number of phenols is 1. The maximum absolute atomic E-state index is 13.8. The molecule has 11 nitrogen and oxygen atoms in total. The van der Waals surface area contributed by atoms with Gasteiger partial charge >= 0.3 is 0 Å². The van der Waals surface area contributed by atoms with Crippen molar-refractivity contribution in [1.29, 1.82) is 0 Å². The Balaban J connectivity index is 1.66. The number of likely N-dealkylation sites (N-methyl/N-ethyl adjacent to an activating group) is 1. The van der Waals surface area contributed by atoms with Crippen molar-refractivity contribution in [2.75, 3.05) is 19.0 Å². The van der Waals surface area contributed by atoms with Crippen molar-refractivity contribution < 1.29 is 34.8 Å². The van der Waals surface area contributed by atoms with Gasteiger partial charge in [0, 0.05) is 42.4 Å². The topological polar surface area (TPSA) is 178 Å². The van der Waals surface area contributed by atoms with E-state index in [1.165, 1.54) is 30.3 Å². The number of rotatable bonds is 4. The maximum Gasteiger partial charge on any atom is 0.252 e. The minimum atomic E-state index is -2.26. The van der Waals surface area contributed by atoms with Gasteiger partial charge < -0.3 is 26.2 Å². The molecule has 0 unspecified atom stereocenters. The van der Waals surface area contributed by atoms with Gasteiger partial charge in [-0.25, -0.2) is 0 Å². The standard InChI is InChI=1S/C29H30N4O7/c1-13-21(28(30)39)26(37)24(32(3)4)19-11-16-9-15-10-18(33(14(2)34)17-5-7-31-8-6-17)12-20(35)22(15)25(36)23(16)27(38)29(13,19)40/h5-8,10,12,16,19,24,35,37-38,40H,1,9,11H2,2-4H3,(H2,30,39)/t16-,19-,24-,29-/m0/s1. The highest BCUT2D eigenvalue weighted by Crippen LogP contribution is 2.55. The molecular weight excluding hydrogens is 516 g/mol. The third kappa shape index (κ3) is 3.73. The van der Waals surface area contributed by atoms with E-state index in [9.17, 15) is 34.8 Å². The Morgan fingerprint density at radius 3 is 2.35 bits per heavy atom. The van der Waals surface area contributed by atoms with Crippen molar-refractivity contribution >= 4 is 29.0 Å². The van der Waals surface area contributed by atoms with E-state index in [4.69, 9.17) is 5.73 Å². The summed E-state index contributed by atoms with van der Waals surface area (Å²) < 4.78 is 0. The second-order valence-corrected chi connectivity index (χ2v) is 10.7. The number of aliphatic hydroxyl groups is 3. The fourth-order valence-corrected chi connectivity index (χ4v) is 6.56. The van der Waals surface area contributed by atoms with Crippen molar-refractivity contribution in [3.63, 3.8) is 0 Å². The second kappa shape index (κ2) is 9.32. The van der Waals surface area contributed by atoms with E-state index < -0.39 is 52.3 Å². The first-order valence-corrected chi connectivity index (χ1v) is 12.7. The number of hydrogen-bond acceptors (Lipinski definition) is 9. The van der Waals surface area contributed by atoms with Gasteiger partial charge in [0.1, 0.15) is 17.3 Å². The lowest BCUT2D eigenvalue weighted by Gasteiger charge is -2.52. The second-order valence-electron chi connectivity index (χ2n) is 10.7. The smallest absolute Gasteiger partial charge is 0.252 e. The van der Waals surface area contributed by atoms with E-state index >= 15 is 0 Å². The highest BCUT2D eigenvalue weighted by molar-refractivity contribution is 6.14. The van der Waals surface area contributed by atoms with Gasteiger partial charge in [-0.3, -0.25) is 29.2 Å². The Kier molecular flexibility index (Phi) is 6.31. The summed E-state index contributed by atoms with van der Waals surface area (Å²) in [5.41, 5.74) is 3.72. The van der Waals surface area contributed by atoms with Crippen LogP contribution in [0.4, 0.5) is 11.4 Å². The van der Waals surface area contributed by atoms with Crippen LogP contribution in [-0.2, 0) is 16.0 Å². The molecule has 2 amide bonds. The Morgan fingerprint density at radius 1 is 1.12 bits per heavy atom. The molecule has 3 aliphatic rings. The van der Waals surface area contributed by atoms with Crippen LogP contribution in [0.25, 0.3) is 0 Å². The lowest BCUT2D eigenvalue weighted by atomic mass is 9.57. The number of aliphatic hydroxyl groups excluding tert-OH is 2. The van der Waals surface area contributed by atoms with Gasteiger partial charge in [-0.2, -0.15) is 0 Å². The van der Waals surface area contributed by atoms with E-state index in [-0.39, 0.29) is 41.2 Å². The van der Waals surface area contributed by atoms with Crippen LogP contribution in [0.3, 0.4) is 0 Å². The molecule has 11 heteroatoms. The Bertz CT molecular complexity index is 1540. The number of anilines is 2. The third-order valence-corrected chi connectivity index (χ3v) is 8.20. The first kappa shape index (κ1) is 27.1. The summed E-state index contributed by atoms with van der Waals surface area (Å²) in [7, 11) is 3.29. The fraction of sp³-hybridized carbons (Fsp3) is 0.310. The Morgan fingerprint density at radius 2 is 1.77 bits per heavy atom. The number of carbonyl (C=O) groups is 3. The number of nitrogens with zero attached hydrogens (tertiary/aromatic N) is 3. The maximum atomic E-state index is 13.8. The molecule has 0 fully saturated rings. The third-order valence-electron chi connectivity index (χ3n) is 8.20. The molecule has 0 saturated carbocycles. The predicted octanol–water partition coefficient (Wildman–Crippen LogP) is 2.19. The SMILES string of the molecule is C=C1C(C(N)=O)=C(O)[C@@H](N(C)C)[C@@H]2C[C@@H]3Cc4cc(N(C(C)=O)c5ccncc5)cc(O)c4C(=O)C3=C(O)[C@]12O. The minimum Gasteiger partial charge on any atom is -0.510 e. The van der Waals surface area contributed by atoms with Crippen molar-refractivity contribution in [1.82, 2.24) is 9.88 Å². The fourth-order valence-electron chi connectivity index (χ4n) is 6.56. The van der Waals surface area contributed by atoms with E-state index in [1.807, 2.05) is 0 Å². The van der Waals surface area contributed by atoms with Gasteiger partial charge in [0.25, 0.3) is 5.91 Å². The monoisotopic (exact) mass is 546 g/mol. The van der Waals surface area contributed by atoms with Gasteiger partial charge in [0.15, 0.2) is 11.4 Å². The molecule has 40 heavy (non-hydrogen) atoms. The summed E-state index contributed by atoms with van der Waals surface area (Å²) in [6.07, 6.45) is 3.38. The summed E-state index contributed by atoms with van der Waals surface area (Å²) in [6, 6.07) is 5.31. The number of Topliss-reactive ketones (excluding diaryl/α,β-unsaturated/α-hetero) is 1. The Labute approximate surface area is 230 Å². The van der Waals surface area contributed by atoms with Crippen LogP contribution in [0.15, 0.2) is 71.5 Å². The largest absolute Gasteiger partial charge is 0.510 e. The van der Waals surface area contributed by atoms with Crippen molar-refractivity contribution in [2.45, 2.75) is 31.4 Å². The van der Waals surface area contributed by atoms with E-state index in [0.717, 1.165) is 0 Å². The number of amides is 2. The van der Waals surface area contributed by atoms with Crippen LogP contribution in [0.5, 0.6) is 5.75 Å². The molecule has 5 rings (SSSR count). The molecule has 0 bridgehead atoms. The van der Waals surface area contributed by atoms with Gasteiger partial charge in [-0.05, 0) is 56.6 Å². The summed E-state index contributed by atoms with van der Waals surface area (Å²) in [4.78, 5) is 45.6. The molecule has 6 N–H and O–H groups in total. The number of fused-ring (bicyclic) bond motifs is 3. The number of allylic oxidation sites excluding steroid dienone is 1. The normalized spacial score (nSPS) is 25.9. The number of carbonyl (C=O) groups excluding carboxylic acids is 3. The van der Waals surface area contributed by atoms with Crippen LogP contribution in [0.2, 0.25) is 0 Å². The molecule has 0 aliphatic heterocycles. The van der Waals surface area contributed by atoms with E-state index in [0.29, 0.717) is 16.9 Å². The van der Waals surface area contributed by atoms with Gasteiger partial charge in [0.2, 0.25) is 5.91 Å². The molecular formula is C29H30N4O7. The summed E-state index contributed by atoms with van der Waals surface area (Å²) >= 11 is 0. The van der Waals surface area contributed by atoms with E-state index in [1.54, 1.807) is 37.2 Å². The van der Waals surface area contributed by atoms with Crippen molar-refractivity contribution in [3.05, 3.63) is 82.6 Å². The first-order chi connectivity index (χ1) is 18.8. The molecule has 0 radical (unpaired) electrons. The molecule has 1 aromatic heterocycles.